The highest BCUT2D eigenvalue weighted by atomic mass is 79.9. The Bertz CT molecular complexity index is 761. The van der Waals surface area contributed by atoms with Gasteiger partial charge in [0, 0.05) is 7.11 Å². The zero-order valence-corrected chi connectivity index (χ0v) is 13.0. The van der Waals surface area contributed by atoms with E-state index in [1.54, 1.807) is 0 Å². The van der Waals surface area contributed by atoms with Crippen LogP contribution in [0.1, 0.15) is 6.23 Å². The lowest BCUT2D eigenvalue weighted by Crippen LogP contribution is -2.34. The van der Waals surface area contributed by atoms with Gasteiger partial charge in [-0.2, -0.15) is 4.98 Å². The summed E-state index contributed by atoms with van der Waals surface area (Å²) in [7, 11) is 1.41. The minimum absolute atomic E-state index is 0.0708. The molecule has 11 heteroatoms. The van der Waals surface area contributed by atoms with Gasteiger partial charge in [-0.1, -0.05) is 0 Å². The van der Waals surface area contributed by atoms with Crippen LogP contribution in [-0.4, -0.2) is 61.8 Å². The number of fused-ring (bicyclic) bond motifs is 1. The number of nitrogens with zero attached hydrogens (tertiary/aromatic N) is 3. The van der Waals surface area contributed by atoms with Crippen LogP contribution in [0.15, 0.2) is 9.53 Å². The molecule has 0 saturated carbocycles. The molecular weight excluding hydrogens is 362 g/mol. The van der Waals surface area contributed by atoms with E-state index >= 15 is 0 Å². The fourth-order valence-corrected chi connectivity index (χ4v) is 3.08. The first kappa shape index (κ1) is 15.4. The summed E-state index contributed by atoms with van der Waals surface area (Å²) in [5.41, 5.74) is 5.33. The summed E-state index contributed by atoms with van der Waals surface area (Å²) in [5.74, 6) is -0.0719. The number of imidazole rings is 1. The standard InChI is InChI=1S/C11H14BrN5O5/c1-21-6-5(19)3(2-18)22-9(6)17-7-4(14-10(17)12)8(20)16-11(13)15-7/h3,5-6,9,18-19H,2H2,1H3,(H3,13,15,16,20). The van der Waals surface area contributed by atoms with Gasteiger partial charge in [0.25, 0.3) is 5.56 Å². The molecule has 22 heavy (non-hydrogen) atoms. The number of H-pyrrole nitrogens is 1. The van der Waals surface area contributed by atoms with E-state index in [1.807, 2.05) is 0 Å². The van der Waals surface area contributed by atoms with Crippen LogP contribution in [0.4, 0.5) is 5.95 Å². The van der Waals surface area contributed by atoms with Crippen LogP contribution in [0.2, 0.25) is 0 Å². The Morgan fingerprint density at radius 2 is 2.27 bits per heavy atom. The Balaban J connectivity index is 2.17. The number of nitrogen functional groups attached to an aromatic ring is 1. The molecule has 1 saturated heterocycles. The van der Waals surface area contributed by atoms with Crippen molar-refractivity contribution in [3.8, 4) is 0 Å². The molecular formula is C11H14BrN5O5. The molecule has 0 radical (unpaired) electrons. The molecule has 4 unspecified atom stereocenters. The number of aromatic amines is 1. The second-order valence-electron chi connectivity index (χ2n) is 4.81. The summed E-state index contributed by atoms with van der Waals surface area (Å²) >= 11 is 3.24. The van der Waals surface area contributed by atoms with Crippen molar-refractivity contribution in [3.63, 3.8) is 0 Å². The lowest BCUT2D eigenvalue weighted by atomic mass is 10.1. The lowest BCUT2D eigenvalue weighted by Gasteiger charge is -2.20. The third-order valence-electron chi connectivity index (χ3n) is 3.55. The molecule has 5 N–H and O–H groups in total. The highest BCUT2D eigenvalue weighted by molar-refractivity contribution is 9.10. The Morgan fingerprint density at radius 3 is 2.91 bits per heavy atom. The van der Waals surface area contributed by atoms with Crippen molar-refractivity contribution < 1.29 is 19.7 Å². The number of aliphatic hydroxyl groups excluding tert-OH is 2. The molecule has 0 aromatic carbocycles. The summed E-state index contributed by atoms with van der Waals surface area (Å²) < 4.78 is 12.6. The Kier molecular flexibility index (Phi) is 3.91. The van der Waals surface area contributed by atoms with Gasteiger partial charge in [0.15, 0.2) is 22.1 Å². The van der Waals surface area contributed by atoms with Gasteiger partial charge in [0.2, 0.25) is 5.95 Å². The van der Waals surface area contributed by atoms with E-state index in [0.717, 1.165) is 0 Å². The highest BCUT2D eigenvalue weighted by Crippen LogP contribution is 2.35. The fraction of sp³-hybridized carbons (Fsp3) is 0.545. The minimum Gasteiger partial charge on any atom is -0.394 e. The maximum atomic E-state index is 11.9. The van der Waals surface area contributed by atoms with E-state index in [-0.39, 0.29) is 28.5 Å². The zero-order chi connectivity index (χ0) is 16.0. The third-order valence-corrected chi connectivity index (χ3v) is 4.10. The van der Waals surface area contributed by atoms with E-state index in [4.69, 9.17) is 15.2 Å². The molecule has 10 nitrogen and oxygen atoms in total. The predicted molar refractivity (Wildman–Crippen MR) is 78.1 cm³/mol. The number of aliphatic hydroxyl groups is 2. The van der Waals surface area contributed by atoms with Crippen molar-refractivity contribution in [2.75, 3.05) is 19.5 Å². The second-order valence-corrected chi connectivity index (χ2v) is 5.52. The van der Waals surface area contributed by atoms with Crippen molar-refractivity contribution in [1.29, 1.82) is 0 Å². The molecule has 2 aromatic rings. The van der Waals surface area contributed by atoms with Crippen molar-refractivity contribution >= 4 is 33.0 Å². The van der Waals surface area contributed by atoms with E-state index in [9.17, 15) is 15.0 Å². The second kappa shape index (κ2) is 5.59. The number of hydrogen-bond donors (Lipinski definition) is 4. The van der Waals surface area contributed by atoms with Crippen molar-refractivity contribution in [3.05, 3.63) is 15.1 Å². The predicted octanol–water partition coefficient (Wildman–Crippen LogP) is -1.27. The monoisotopic (exact) mass is 375 g/mol. The smallest absolute Gasteiger partial charge is 0.280 e. The largest absolute Gasteiger partial charge is 0.394 e. The van der Waals surface area contributed by atoms with Gasteiger partial charge in [-0.25, -0.2) is 4.98 Å². The zero-order valence-electron chi connectivity index (χ0n) is 11.4. The topological polar surface area (TPSA) is 149 Å². The molecule has 0 bridgehead atoms. The quantitative estimate of drug-likeness (QED) is 0.485. The van der Waals surface area contributed by atoms with Gasteiger partial charge in [-0.05, 0) is 15.9 Å². The first-order chi connectivity index (χ1) is 10.5. The molecule has 2 aromatic heterocycles. The maximum absolute atomic E-state index is 11.9. The van der Waals surface area contributed by atoms with Crippen LogP contribution in [0, 0.1) is 0 Å². The van der Waals surface area contributed by atoms with E-state index < -0.39 is 30.1 Å². The molecule has 1 aliphatic heterocycles. The van der Waals surface area contributed by atoms with Crippen LogP contribution < -0.4 is 11.3 Å². The number of halogens is 1. The summed E-state index contributed by atoms with van der Waals surface area (Å²) in [5, 5.41) is 19.4. The van der Waals surface area contributed by atoms with Crippen LogP contribution in [0.25, 0.3) is 11.2 Å². The van der Waals surface area contributed by atoms with Crippen LogP contribution in [-0.2, 0) is 9.47 Å². The number of nitrogens with two attached hydrogens (primary N) is 1. The van der Waals surface area contributed by atoms with Crippen molar-refractivity contribution in [1.82, 2.24) is 19.5 Å². The summed E-state index contributed by atoms with van der Waals surface area (Å²) in [4.78, 5) is 22.4. The molecule has 120 valence electrons. The average molecular weight is 376 g/mol. The van der Waals surface area contributed by atoms with Crippen LogP contribution in [0.3, 0.4) is 0 Å². The van der Waals surface area contributed by atoms with E-state index in [0.29, 0.717) is 0 Å². The summed E-state index contributed by atoms with van der Waals surface area (Å²) in [6.45, 7) is -0.377. The van der Waals surface area contributed by atoms with Gasteiger partial charge in [-0.15, -0.1) is 0 Å². The first-order valence-corrected chi connectivity index (χ1v) is 7.17. The van der Waals surface area contributed by atoms with Crippen molar-refractivity contribution in [2.24, 2.45) is 0 Å². The molecule has 3 heterocycles. The Labute approximate surface area is 132 Å². The minimum atomic E-state index is -1.04. The van der Waals surface area contributed by atoms with E-state index in [1.165, 1.54) is 11.7 Å². The first-order valence-electron chi connectivity index (χ1n) is 6.38. The molecule has 3 rings (SSSR count). The number of aromatic nitrogens is 4. The number of rotatable bonds is 3. The summed E-state index contributed by atoms with van der Waals surface area (Å²) in [6.07, 6.45) is -3.46. The third kappa shape index (κ3) is 2.21. The molecule has 1 fully saturated rings. The van der Waals surface area contributed by atoms with Gasteiger partial charge in [0.05, 0.1) is 6.61 Å². The summed E-state index contributed by atoms with van der Waals surface area (Å²) in [6, 6.07) is 0. The number of anilines is 1. The van der Waals surface area contributed by atoms with E-state index in [2.05, 4.69) is 30.9 Å². The van der Waals surface area contributed by atoms with Crippen molar-refractivity contribution in [2.45, 2.75) is 24.5 Å². The average Bonchev–Trinajstić information content (AvgIpc) is 2.95. The Morgan fingerprint density at radius 1 is 1.55 bits per heavy atom. The molecule has 0 amide bonds. The molecule has 1 aliphatic rings. The number of methoxy groups -OCH3 is 1. The highest BCUT2D eigenvalue weighted by Gasteiger charge is 2.46. The number of ether oxygens (including phenoxy) is 2. The SMILES string of the molecule is COC1C(O)C(CO)OC1n1c(Br)nc2c(=O)[nH]c(N)nc21. The lowest BCUT2D eigenvalue weighted by molar-refractivity contribution is -0.0594. The van der Waals surface area contributed by atoms with Gasteiger partial charge in [-0.3, -0.25) is 14.3 Å². The number of nitrogens with one attached hydrogen (secondary N) is 1. The van der Waals surface area contributed by atoms with Gasteiger partial charge < -0.3 is 25.4 Å². The Hall–Kier alpha value is -1.53. The fourth-order valence-electron chi connectivity index (χ4n) is 2.53. The molecule has 4 atom stereocenters. The maximum Gasteiger partial charge on any atom is 0.280 e. The van der Waals surface area contributed by atoms with Crippen LogP contribution >= 0.6 is 15.9 Å². The molecule has 0 aliphatic carbocycles. The van der Waals surface area contributed by atoms with Gasteiger partial charge >= 0.3 is 0 Å². The molecule has 0 spiro atoms. The number of hydrogen-bond acceptors (Lipinski definition) is 8. The normalized spacial score (nSPS) is 28.5. The van der Waals surface area contributed by atoms with Crippen LogP contribution in [0.5, 0.6) is 0 Å². The van der Waals surface area contributed by atoms with Gasteiger partial charge in [0.1, 0.15) is 18.3 Å².